The quantitative estimate of drug-likeness (QED) is 0.687. The molecule has 0 saturated heterocycles. The smallest absolute Gasteiger partial charge is 0.272 e. The Morgan fingerprint density at radius 1 is 0.900 bits per heavy atom. The van der Waals surface area contributed by atoms with Crippen LogP contribution in [0.3, 0.4) is 0 Å². The Morgan fingerprint density at radius 2 is 1.55 bits per heavy atom. The fourth-order valence-corrected chi connectivity index (χ4v) is 1.77. The molecule has 3 heterocycles. The van der Waals surface area contributed by atoms with Gasteiger partial charge in [0.25, 0.3) is 11.8 Å². The van der Waals surface area contributed by atoms with Crippen LogP contribution < -0.4 is 0 Å². The molecule has 7 nitrogen and oxygen atoms in total. The lowest BCUT2D eigenvalue weighted by molar-refractivity contribution is 0.0922. The van der Waals surface area contributed by atoms with E-state index in [9.17, 15) is 9.59 Å². The Kier molecular flexibility index (Phi) is 2.92. The summed E-state index contributed by atoms with van der Waals surface area (Å²) in [6, 6.07) is 3.16. The molecule has 0 aliphatic carbocycles. The number of aromatic nitrogens is 5. The number of nitrogens with zero attached hydrogens (tertiary/aromatic N) is 5. The molecule has 3 aromatic heterocycles. The van der Waals surface area contributed by atoms with Gasteiger partial charge < -0.3 is 0 Å². The van der Waals surface area contributed by atoms with Crippen molar-refractivity contribution < 1.29 is 9.59 Å². The molecule has 0 amide bonds. The normalized spacial score (nSPS) is 10.4. The summed E-state index contributed by atoms with van der Waals surface area (Å²) in [4.78, 5) is 36.2. The van der Waals surface area contributed by atoms with Gasteiger partial charge in [0, 0.05) is 31.0 Å². The van der Waals surface area contributed by atoms with Gasteiger partial charge in [-0.1, -0.05) is 0 Å². The fourth-order valence-electron chi connectivity index (χ4n) is 1.77. The Labute approximate surface area is 113 Å². The Bertz CT molecular complexity index is 682. The zero-order valence-corrected chi connectivity index (χ0v) is 10.2. The van der Waals surface area contributed by atoms with E-state index in [1.54, 1.807) is 12.1 Å². The lowest BCUT2D eigenvalue weighted by Crippen LogP contribution is -2.20. The Morgan fingerprint density at radius 3 is 2.15 bits per heavy atom. The van der Waals surface area contributed by atoms with Crippen LogP contribution in [0.4, 0.5) is 0 Å². The van der Waals surface area contributed by atoms with Gasteiger partial charge in [0.2, 0.25) is 0 Å². The van der Waals surface area contributed by atoms with Crippen LogP contribution in [0.15, 0.2) is 55.8 Å². The van der Waals surface area contributed by atoms with Crippen molar-refractivity contribution in [3.63, 3.8) is 0 Å². The Balaban J connectivity index is 2.05. The zero-order valence-electron chi connectivity index (χ0n) is 10.2. The molecule has 7 heteroatoms. The average molecular weight is 267 g/mol. The first-order valence-electron chi connectivity index (χ1n) is 5.77. The van der Waals surface area contributed by atoms with Crippen LogP contribution in [0, 0.1) is 0 Å². The van der Waals surface area contributed by atoms with Gasteiger partial charge in [-0.25, -0.2) is 9.97 Å². The molecule has 0 fully saturated rings. The summed E-state index contributed by atoms with van der Waals surface area (Å²) in [6.07, 6.45) is 10.2. The second-order valence-electron chi connectivity index (χ2n) is 3.95. The number of pyridine rings is 1. The molecule has 0 aliphatic heterocycles. The standard InChI is InChI=1S/C13H9N5O2/c19-12(17-6-4-14-8-17)10-2-1-3-16-11(10)13(20)18-7-5-15-9-18/h1-9H. The molecule has 98 valence electrons. The van der Waals surface area contributed by atoms with Crippen LogP contribution in [0.25, 0.3) is 0 Å². The minimum atomic E-state index is -0.411. The first kappa shape index (κ1) is 12.0. The first-order chi connectivity index (χ1) is 9.77. The third-order valence-corrected chi connectivity index (χ3v) is 2.72. The molecule has 0 atom stereocenters. The SMILES string of the molecule is O=C(c1cccnc1C(=O)n1ccnc1)n1ccnc1. The minimum Gasteiger partial charge on any atom is -0.272 e. The van der Waals surface area contributed by atoms with E-state index in [0.717, 1.165) is 0 Å². The van der Waals surface area contributed by atoms with E-state index < -0.39 is 5.91 Å². The summed E-state index contributed by atoms with van der Waals surface area (Å²) in [5, 5.41) is 0. The number of hydrogen-bond acceptors (Lipinski definition) is 5. The van der Waals surface area contributed by atoms with Crippen molar-refractivity contribution >= 4 is 11.8 Å². The van der Waals surface area contributed by atoms with Crippen molar-refractivity contribution in [3.8, 4) is 0 Å². The number of carbonyl (C=O) groups is 2. The molecule has 0 unspecified atom stereocenters. The van der Waals surface area contributed by atoms with Crippen LogP contribution in [-0.4, -0.2) is 35.9 Å². The van der Waals surface area contributed by atoms with Crippen molar-refractivity contribution in [1.82, 2.24) is 24.1 Å². The fraction of sp³-hybridized carbons (Fsp3) is 0. The predicted molar refractivity (Wildman–Crippen MR) is 68.1 cm³/mol. The monoisotopic (exact) mass is 267 g/mol. The molecule has 0 bridgehead atoms. The van der Waals surface area contributed by atoms with E-state index in [4.69, 9.17) is 0 Å². The van der Waals surface area contributed by atoms with Crippen LogP contribution in [-0.2, 0) is 0 Å². The molecule has 0 saturated carbocycles. The lowest BCUT2D eigenvalue weighted by atomic mass is 10.1. The van der Waals surface area contributed by atoms with Gasteiger partial charge in [0.1, 0.15) is 18.3 Å². The summed E-state index contributed by atoms with van der Waals surface area (Å²) in [6.45, 7) is 0. The topological polar surface area (TPSA) is 82.7 Å². The third-order valence-electron chi connectivity index (χ3n) is 2.72. The highest BCUT2D eigenvalue weighted by Crippen LogP contribution is 2.10. The molecule has 20 heavy (non-hydrogen) atoms. The number of carbonyl (C=O) groups excluding carboxylic acids is 2. The maximum Gasteiger partial charge on any atom is 0.282 e. The van der Waals surface area contributed by atoms with Crippen molar-refractivity contribution in [2.75, 3.05) is 0 Å². The van der Waals surface area contributed by atoms with Crippen LogP contribution in [0.5, 0.6) is 0 Å². The Hall–Kier alpha value is -3.09. The molecule has 0 aromatic carbocycles. The lowest BCUT2D eigenvalue weighted by Gasteiger charge is -2.07. The van der Waals surface area contributed by atoms with E-state index in [-0.39, 0.29) is 17.2 Å². The molecule has 0 N–H and O–H groups in total. The van der Waals surface area contributed by atoms with Gasteiger partial charge in [0.05, 0.1) is 5.56 Å². The van der Waals surface area contributed by atoms with E-state index in [2.05, 4.69) is 15.0 Å². The van der Waals surface area contributed by atoms with Gasteiger partial charge in [-0.15, -0.1) is 0 Å². The highest BCUT2D eigenvalue weighted by molar-refractivity contribution is 6.07. The summed E-state index contributed by atoms with van der Waals surface area (Å²) >= 11 is 0. The maximum absolute atomic E-state index is 12.3. The van der Waals surface area contributed by atoms with Crippen molar-refractivity contribution in [1.29, 1.82) is 0 Å². The summed E-state index contributed by atoms with van der Waals surface area (Å²) in [7, 11) is 0. The van der Waals surface area contributed by atoms with Gasteiger partial charge in [-0.2, -0.15) is 0 Å². The van der Waals surface area contributed by atoms with Crippen molar-refractivity contribution in [2.45, 2.75) is 0 Å². The van der Waals surface area contributed by atoms with Crippen LogP contribution in [0.2, 0.25) is 0 Å². The van der Waals surface area contributed by atoms with E-state index >= 15 is 0 Å². The maximum atomic E-state index is 12.3. The summed E-state index contributed by atoms with van der Waals surface area (Å²) in [5.74, 6) is -0.773. The highest BCUT2D eigenvalue weighted by Gasteiger charge is 2.20. The van der Waals surface area contributed by atoms with Gasteiger partial charge in [-0.3, -0.25) is 23.7 Å². The van der Waals surface area contributed by atoms with Gasteiger partial charge in [0.15, 0.2) is 0 Å². The molecular formula is C13H9N5O2. The van der Waals surface area contributed by atoms with Crippen LogP contribution >= 0.6 is 0 Å². The molecule has 3 aromatic rings. The minimum absolute atomic E-state index is 0.0733. The van der Waals surface area contributed by atoms with Crippen molar-refractivity contribution in [2.24, 2.45) is 0 Å². The van der Waals surface area contributed by atoms with E-state index in [0.29, 0.717) is 0 Å². The van der Waals surface area contributed by atoms with Crippen molar-refractivity contribution in [3.05, 3.63) is 67.0 Å². The van der Waals surface area contributed by atoms with E-state index in [1.165, 1.54) is 52.8 Å². The predicted octanol–water partition coefficient (Wildman–Crippen LogP) is 0.852. The van der Waals surface area contributed by atoms with Gasteiger partial charge in [-0.05, 0) is 12.1 Å². The van der Waals surface area contributed by atoms with Crippen LogP contribution in [0.1, 0.15) is 20.8 Å². The molecule has 0 aliphatic rings. The largest absolute Gasteiger partial charge is 0.282 e. The highest BCUT2D eigenvalue weighted by atomic mass is 16.2. The molecule has 3 rings (SSSR count). The molecule has 0 radical (unpaired) electrons. The second kappa shape index (κ2) is 4.88. The molecule has 0 spiro atoms. The summed E-state index contributed by atoms with van der Waals surface area (Å²) in [5.41, 5.74) is 0.286. The average Bonchev–Trinajstić information content (AvgIpc) is 3.18. The van der Waals surface area contributed by atoms with Gasteiger partial charge >= 0.3 is 0 Å². The third kappa shape index (κ3) is 2.01. The second-order valence-corrected chi connectivity index (χ2v) is 3.95. The molecular weight excluding hydrogens is 258 g/mol. The first-order valence-corrected chi connectivity index (χ1v) is 5.77. The zero-order chi connectivity index (χ0) is 13.9. The van der Waals surface area contributed by atoms with E-state index in [1.807, 2.05) is 0 Å². The number of hydrogen-bond donors (Lipinski definition) is 0. The number of rotatable bonds is 2. The summed E-state index contributed by atoms with van der Waals surface area (Å²) < 4.78 is 2.56. The number of imidazole rings is 2.